The summed E-state index contributed by atoms with van der Waals surface area (Å²) in [5.41, 5.74) is -0.305. The van der Waals surface area contributed by atoms with E-state index in [0.29, 0.717) is 31.6 Å². The molecule has 0 spiro atoms. The van der Waals surface area contributed by atoms with Crippen molar-refractivity contribution in [1.29, 1.82) is 0 Å². The molecule has 0 saturated carbocycles. The van der Waals surface area contributed by atoms with E-state index in [9.17, 15) is 31.9 Å². The van der Waals surface area contributed by atoms with E-state index in [1.165, 1.54) is 24.3 Å². The molecule has 33 heavy (non-hydrogen) atoms. The van der Waals surface area contributed by atoms with Gasteiger partial charge in [-0.2, -0.15) is 13.2 Å². The number of halogens is 4. The Hall–Kier alpha value is -3.63. The number of alkyl halides is 3. The van der Waals surface area contributed by atoms with Crippen LogP contribution in [-0.4, -0.2) is 42.4 Å². The number of nitrogens with zero attached hydrogens (tertiary/aromatic N) is 1. The molecule has 1 saturated heterocycles. The second-order valence-electron chi connectivity index (χ2n) is 7.61. The number of piperidine rings is 1. The largest absolute Gasteiger partial charge is 0.416 e. The number of nitrogens with one attached hydrogen (secondary N) is 3. The average molecular weight is 466 g/mol. The fraction of sp³-hybridized carbons (Fsp3) is 0.318. The Labute approximate surface area is 187 Å². The molecule has 2 aromatic carbocycles. The zero-order chi connectivity index (χ0) is 24.0. The van der Waals surface area contributed by atoms with Gasteiger partial charge in [0.25, 0.3) is 0 Å². The van der Waals surface area contributed by atoms with Crippen molar-refractivity contribution >= 4 is 29.2 Å². The van der Waals surface area contributed by atoms with Crippen LogP contribution in [0.2, 0.25) is 0 Å². The summed E-state index contributed by atoms with van der Waals surface area (Å²) in [6.07, 6.45) is -3.27. The van der Waals surface area contributed by atoms with Gasteiger partial charge in [-0.05, 0) is 67.3 Å². The average Bonchev–Trinajstić information content (AvgIpc) is 2.79. The first kappa shape index (κ1) is 24.0. The van der Waals surface area contributed by atoms with Crippen LogP contribution in [0.4, 0.5) is 33.7 Å². The van der Waals surface area contributed by atoms with Gasteiger partial charge in [-0.15, -0.1) is 0 Å². The summed E-state index contributed by atoms with van der Waals surface area (Å²) in [5, 5.41) is 7.45. The lowest BCUT2D eigenvalue weighted by Gasteiger charge is -2.32. The molecule has 3 N–H and O–H groups in total. The maximum atomic E-state index is 12.9. The maximum Gasteiger partial charge on any atom is 0.416 e. The molecule has 1 fully saturated rings. The van der Waals surface area contributed by atoms with E-state index in [4.69, 9.17) is 0 Å². The molecule has 0 aromatic heterocycles. The predicted octanol–water partition coefficient (Wildman–Crippen LogP) is 3.84. The summed E-state index contributed by atoms with van der Waals surface area (Å²) in [6.45, 7) is 1.13. The smallest absolute Gasteiger partial charge is 0.348 e. The highest BCUT2D eigenvalue weighted by Gasteiger charge is 2.30. The van der Waals surface area contributed by atoms with Crippen molar-refractivity contribution in [3.05, 3.63) is 59.9 Å². The van der Waals surface area contributed by atoms with Crippen LogP contribution in [0.3, 0.4) is 0 Å². The molecular formula is C22H22F4N4O3. The molecule has 176 valence electrons. The van der Waals surface area contributed by atoms with Gasteiger partial charge in [0.1, 0.15) is 5.82 Å². The van der Waals surface area contributed by atoms with Gasteiger partial charge in [0, 0.05) is 31.0 Å². The summed E-state index contributed by atoms with van der Waals surface area (Å²) in [7, 11) is 0. The van der Waals surface area contributed by atoms with Gasteiger partial charge in [-0.3, -0.25) is 9.59 Å². The molecule has 3 rings (SSSR count). The van der Waals surface area contributed by atoms with Crippen molar-refractivity contribution < 1.29 is 31.9 Å². The number of carbonyl (C=O) groups excluding carboxylic acids is 3. The molecule has 0 radical (unpaired) electrons. The molecule has 0 bridgehead atoms. The summed E-state index contributed by atoms with van der Waals surface area (Å²) in [6, 6.07) is 8.88. The Morgan fingerprint density at radius 3 is 1.97 bits per heavy atom. The molecule has 0 unspecified atom stereocenters. The molecule has 2 aromatic rings. The number of urea groups is 1. The van der Waals surface area contributed by atoms with Crippen molar-refractivity contribution in [2.75, 3.05) is 30.3 Å². The highest BCUT2D eigenvalue weighted by atomic mass is 19.4. The standard InChI is InChI=1S/C22H22F4N4O3/c23-16-3-7-18(8-4-16)29-21(33)30-11-9-14(10-12-30)13-27-19(31)20(32)28-17-5-1-15(2-6-17)22(24,25)26/h1-8,14H,9-13H2,(H,27,31)(H,28,32)(H,29,33). The van der Waals surface area contributed by atoms with E-state index in [0.717, 1.165) is 24.3 Å². The Morgan fingerprint density at radius 1 is 0.848 bits per heavy atom. The van der Waals surface area contributed by atoms with Gasteiger partial charge in [0.05, 0.1) is 5.56 Å². The molecule has 4 amide bonds. The van der Waals surface area contributed by atoms with Crippen LogP contribution in [-0.2, 0) is 15.8 Å². The third-order valence-corrected chi connectivity index (χ3v) is 5.22. The van der Waals surface area contributed by atoms with Gasteiger partial charge in [-0.1, -0.05) is 0 Å². The van der Waals surface area contributed by atoms with E-state index in [1.54, 1.807) is 4.90 Å². The molecule has 1 aliphatic heterocycles. The van der Waals surface area contributed by atoms with Crippen LogP contribution in [0, 0.1) is 11.7 Å². The fourth-order valence-corrected chi connectivity index (χ4v) is 3.32. The van der Waals surface area contributed by atoms with Crippen LogP contribution in [0.25, 0.3) is 0 Å². The number of benzene rings is 2. The van der Waals surface area contributed by atoms with Gasteiger partial charge in [0.15, 0.2) is 0 Å². The van der Waals surface area contributed by atoms with Crippen molar-refractivity contribution in [3.63, 3.8) is 0 Å². The number of anilines is 2. The lowest BCUT2D eigenvalue weighted by molar-refractivity contribution is -0.137. The minimum Gasteiger partial charge on any atom is -0.348 e. The van der Waals surface area contributed by atoms with Crippen molar-refractivity contribution in [2.24, 2.45) is 5.92 Å². The molecular weight excluding hydrogens is 444 g/mol. The van der Waals surface area contributed by atoms with Crippen LogP contribution in [0.15, 0.2) is 48.5 Å². The Morgan fingerprint density at radius 2 is 1.39 bits per heavy atom. The highest BCUT2D eigenvalue weighted by molar-refractivity contribution is 6.39. The van der Waals surface area contributed by atoms with E-state index in [1.807, 2.05) is 0 Å². The van der Waals surface area contributed by atoms with E-state index >= 15 is 0 Å². The van der Waals surface area contributed by atoms with Crippen LogP contribution in [0.1, 0.15) is 18.4 Å². The molecule has 11 heteroatoms. The number of likely N-dealkylation sites (tertiary alicyclic amines) is 1. The molecule has 1 aliphatic rings. The lowest BCUT2D eigenvalue weighted by atomic mass is 9.97. The van der Waals surface area contributed by atoms with Gasteiger partial charge in [0.2, 0.25) is 0 Å². The lowest BCUT2D eigenvalue weighted by Crippen LogP contribution is -2.44. The van der Waals surface area contributed by atoms with Crippen molar-refractivity contribution in [2.45, 2.75) is 19.0 Å². The Balaban J connectivity index is 1.39. The Bertz CT molecular complexity index is 986. The minimum atomic E-state index is -4.49. The minimum absolute atomic E-state index is 0.0580. The number of amides is 4. The monoisotopic (exact) mass is 466 g/mol. The summed E-state index contributed by atoms with van der Waals surface area (Å²) < 4.78 is 50.7. The van der Waals surface area contributed by atoms with E-state index in [2.05, 4.69) is 16.0 Å². The van der Waals surface area contributed by atoms with Crippen molar-refractivity contribution in [1.82, 2.24) is 10.2 Å². The number of rotatable bonds is 4. The summed E-state index contributed by atoms with van der Waals surface area (Å²) >= 11 is 0. The number of hydrogen-bond acceptors (Lipinski definition) is 3. The first-order chi connectivity index (χ1) is 15.6. The third-order valence-electron chi connectivity index (χ3n) is 5.22. The van der Waals surface area contributed by atoms with Crippen LogP contribution >= 0.6 is 0 Å². The van der Waals surface area contributed by atoms with Crippen LogP contribution in [0.5, 0.6) is 0 Å². The molecule has 0 aliphatic carbocycles. The topological polar surface area (TPSA) is 90.5 Å². The predicted molar refractivity (Wildman–Crippen MR) is 113 cm³/mol. The summed E-state index contributed by atoms with van der Waals surface area (Å²) in [5.74, 6) is -2.22. The number of carbonyl (C=O) groups is 3. The fourth-order valence-electron chi connectivity index (χ4n) is 3.32. The van der Waals surface area contributed by atoms with Crippen molar-refractivity contribution in [3.8, 4) is 0 Å². The zero-order valence-corrected chi connectivity index (χ0v) is 17.4. The second kappa shape index (κ2) is 10.3. The Kier molecular flexibility index (Phi) is 7.52. The van der Waals surface area contributed by atoms with Gasteiger partial charge in [-0.25, -0.2) is 9.18 Å². The molecule has 0 atom stereocenters. The maximum absolute atomic E-state index is 12.9. The molecule has 7 nitrogen and oxygen atoms in total. The molecule has 1 heterocycles. The first-order valence-electron chi connectivity index (χ1n) is 10.2. The highest BCUT2D eigenvalue weighted by Crippen LogP contribution is 2.29. The SMILES string of the molecule is O=C(NCC1CCN(C(=O)Nc2ccc(F)cc2)CC1)C(=O)Nc1ccc(C(F)(F)F)cc1. The van der Waals surface area contributed by atoms with E-state index in [-0.39, 0.29) is 24.2 Å². The van der Waals surface area contributed by atoms with Crippen LogP contribution < -0.4 is 16.0 Å². The van der Waals surface area contributed by atoms with Gasteiger partial charge >= 0.3 is 24.0 Å². The summed E-state index contributed by atoms with van der Waals surface area (Å²) in [4.78, 5) is 37.9. The first-order valence-corrected chi connectivity index (χ1v) is 10.2. The zero-order valence-electron chi connectivity index (χ0n) is 17.4. The number of hydrogen-bond donors (Lipinski definition) is 3. The van der Waals surface area contributed by atoms with Gasteiger partial charge < -0.3 is 20.9 Å². The third kappa shape index (κ3) is 6.93. The second-order valence-corrected chi connectivity index (χ2v) is 7.61. The quantitative estimate of drug-likeness (QED) is 0.472. The normalized spacial score (nSPS) is 14.5. The van der Waals surface area contributed by atoms with E-state index < -0.39 is 29.4 Å².